The van der Waals surface area contributed by atoms with Crippen LogP contribution in [0.2, 0.25) is 0 Å². The molecule has 2 aromatic rings. The molecule has 0 atom stereocenters. The van der Waals surface area contributed by atoms with Crippen LogP contribution in [0.25, 0.3) is 0 Å². The third-order valence-electron chi connectivity index (χ3n) is 4.20. The maximum absolute atomic E-state index is 12.9. The molecule has 24 heavy (non-hydrogen) atoms. The highest BCUT2D eigenvalue weighted by molar-refractivity contribution is 5.93. The Bertz CT molecular complexity index is 664. The van der Waals surface area contributed by atoms with E-state index < -0.39 is 0 Å². The number of nitrogens with zero attached hydrogens (tertiary/aromatic N) is 2. The van der Waals surface area contributed by atoms with Crippen LogP contribution in [-0.4, -0.2) is 21.9 Å². The summed E-state index contributed by atoms with van der Waals surface area (Å²) in [7, 11) is 0. The highest BCUT2D eigenvalue weighted by Crippen LogP contribution is 2.18. The number of benzene rings is 1. The first-order valence-electron chi connectivity index (χ1n) is 8.36. The molecule has 1 fully saturated rings. The molecule has 0 radical (unpaired) electrons. The lowest BCUT2D eigenvalue weighted by Crippen LogP contribution is -2.34. The van der Waals surface area contributed by atoms with E-state index in [9.17, 15) is 9.18 Å². The monoisotopic (exact) mass is 328 g/mol. The predicted octanol–water partition coefficient (Wildman–Crippen LogP) is 3.81. The van der Waals surface area contributed by atoms with Crippen LogP contribution < -0.4 is 10.6 Å². The van der Waals surface area contributed by atoms with E-state index in [1.807, 2.05) is 0 Å². The summed E-state index contributed by atoms with van der Waals surface area (Å²) in [6, 6.07) is 6.17. The molecule has 0 bridgehead atoms. The van der Waals surface area contributed by atoms with Crippen LogP contribution in [0.1, 0.15) is 48.9 Å². The Morgan fingerprint density at radius 2 is 1.62 bits per heavy atom. The Hall–Kier alpha value is -2.50. The second-order valence-electron chi connectivity index (χ2n) is 6.09. The quantitative estimate of drug-likeness (QED) is 0.838. The third-order valence-corrected chi connectivity index (χ3v) is 4.20. The number of amides is 1. The number of carbonyl (C=O) groups is 1. The first-order valence-corrected chi connectivity index (χ1v) is 8.36. The van der Waals surface area contributed by atoms with Gasteiger partial charge in [-0.3, -0.25) is 4.79 Å². The van der Waals surface area contributed by atoms with Crippen molar-refractivity contribution in [1.82, 2.24) is 15.3 Å². The van der Waals surface area contributed by atoms with Crippen LogP contribution in [-0.2, 0) is 0 Å². The molecule has 1 amide bonds. The van der Waals surface area contributed by atoms with Crippen LogP contribution in [0, 0.1) is 5.82 Å². The molecule has 1 aliphatic carbocycles. The Balaban J connectivity index is 1.58. The number of hydrogen-bond donors (Lipinski definition) is 2. The van der Waals surface area contributed by atoms with E-state index in [4.69, 9.17) is 0 Å². The van der Waals surface area contributed by atoms with Crippen molar-refractivity contribution in [3.05, 3.63) is 48.0 Å². The lowest BCUT2D eigenvalue weighted by Gasteiger charge is -2.16. The highest BCUT2D eigenvalue weighted by Gasteiger charge is 2.16. The normalized spacial score (nSPS) is 15.5. The average Bonchev–Trinajstić information content (AvgIpc) is 2.86. The zero-order valence-electron chi connectivity index (χ0n) is 13.5. The van der Waals surface area contributed by atoms with Gasteiger partial charge in [0.25, 0.3) is 5.91 Å². The summed E-state index contributed by atoms with van der Waals surface area (Å²) in [5.41, 5.74) is 1.14. The van der Waals surface area contributed by atoms with E-state index >= 15 is 0 Å². The summed E-state index contributed by atoms with van der Waals surface area (Å²) in [5.74, 6) is -0.0603. The lowest BCUT2D eigenvalue weighted by molar-refractivity contribution is 0.0932. The molecule has 3 rings (SSSR count). The summed E-state index contributed by atoms with van der Waals surface area (Å²) in [6.45, 7) is 0. The van der Waals surface area contributed by atoms with E-state index in [0.717, 1.165) is 12.8 Å². The van der Waals surface area contributed by atoms with Gasteiger partial charge in [0.1, 0.15) is 5.82 Å². The molecule has 126 valence electrons. The number of halogens is 1. The van der Waals surface area contributed by atoms with Crippen LogP contribution in [0.3, 0.4) is 0 Å². The smallest absolute Gasteiger partial charge is 0.254 e. The molecule has 0 saturated heterocycles. The molecule has 6 heteroatoms. The standard InChI is InChI=1S/C18H21FN4O/c19-14-7-9-16(10-8-14)23-18-20-11-13(12-21-18)17(24)22-15-5-3-1-2-4-6-15/h7-12,15H,1-6H2,(H,22,24)(H,20,21,23). The van der Waals surface area contributed by atoms with Gasteiger partial charge in [-0.2, -0.15) is 0 Å². The number of carbonyl (C=O) groups excluding carboxylic acids is 1. The SMILES string of the molecule is O=C(NC1CCCCCC1)c1cnc(Nc2ccc(F)cc2)nc1. The molecule has 1 heterocycles. The van der Waals surface area contributed by atoms with Gasteiger partial charge in [0.2, 0.25) is 5.95 Å². The number of hydrogen-bond acceptors (Lipinski definition) is 4. The van der Waals surface area contributed by atoms with Gasteiger partial charge in [-0.15, -0.1) is 0 Å². The topological polar surface area (TPSA) is 66.9 Å². The first kappa shape index (κ1) is 16.4. The minimum Gasteiger partial charge on any atom is -0.349 e. The maximum atomic E-state index is 12.9. The molecule has 5 nitrogen and oxygen atoms in total. The Morgan fingerprint density at radius 3 is 2.25 bits per heavy atom. The summed E-state index contributed by atoms with van der Waals surface area (Å²) in [4.78, 5) is 20.6. The molecule has 1 aromatic heterocycles. The third kappa shape index (κ3) is 4.50. The van der Waals surface area contributed by atoms with E-state index in [-0.39, 0.29) is 17.8 Å². The molecule has 0 aliphatic heterocycles. The van der Waals surface area contributed by atoms with Crippen LogP contribution in [0.5, 0.6) is 0 Å². The molecule has 1 aromatic carbocycles. The number of aromatic nitrogens is 2. The van der Waals surface area contributed by atoms with Crippen molar-refractivity contribution in [2.24, 2.45) is 0 Å². The summed E-state index contributed by atoms with van der Waals surface area (Å²) < 4.78 is 12.9. The zero-order chi connectivity index (χ0) is 16.8. The molecule has 1 saturated carbocycles. The molecular formula is C18H21FN4O. The van der Waals surface area contributed by atoms with Gasteiger partial charge in [0.15, 0.2) is 0 Å². The van der Waals surface area contributed by atoms with Gasteiger partial charge in [-0.25, -0.2) is 14.4 Å². The van der Waals surface area contributed by atoms with Crippen molar-refractivity contribution in [2.75, 3.05) is 5.32 Å². The minimum absolute atomic E-state index is 0.129. The van der Waals surface area contributed by atoms with Crippen molar-refractivity contribution >= 4 is 17.5 Å². The Labute approximate surface area is 140 Å². The van der Waals surface area contributed by atoms with Gasteiger partial charge in [0, 0.05) is 24.1 Å². The summed E-state index contributed by atoms with van der Waals surface area (Å²) in [5, 5.41) is 6.04. The zero-order valence-corrected chi connectivity index (χ0v) is 13.5. The van der Waals surface area contributed by atoms with E-state index in [0.29, 0.717) is 17.2 Å². The second kappa shape index (κ2) is 7.86. The largest absolute Gasteiger partial charge is 0.349 e. The molecule has 1 aliphatic rings. The average molecular weight is 328 g/mol. The van der Waals surface area contributed by atoms with E-state index in [1.54, 1.807) is 12.1 Å². The second-order valence-corrected chi connectivity index (χ2v) is 6.09. The Morgan fingerprint density at radius 1 is 1.00 bits per heavy atom. The fourth-order valence-electron chi connectivity index (χ4n) is 2.86. The van der Waals surface area contributed by atoms with Gasteiger partial charge in [-0.05, 0) is 37.1 Å². The van der Waals surface area contributed by atoms with Crippen molar-refractivity contribution in [1.29, 1.82) is 0 Å². The lowest BCUT2D eigenvalue weighted by atomic mass is 10.1. The van der Waals surface area contributed by atoms with Gasteiger partial charge < -0.3 is 10.6 Å². The maximum Gasteiger partial charge on any atom is 0.254 e. The highest BCUT2D eigenvalue weighted by atomic mass is 19.1. The number of nitrogens with one attached hydrogen (secondary N) is 2. The van der Waals surface area contributed by atoms with Crippen LogP contribution >= 0.6 is 0 Å². The van der Waals surface area contributed by atoms with Crippen LogP contribution in [0.15, 0.2) is 36.7 Å². The first-order chi connectivity index (χ1) is 11.7. The summed E-state index contributed by atoms with van der Waals surface area (Å²) in [6.07, 6.45) is 9.92. The summed E-state index contributed by atoms with van der Waals surface area (Å²) >= 11 is 0. The fraction of sp³-hybridized carbons (Fsp3) is 0.389. The van der Waals surface area contributed by atoms with Crippen molar-refractivity contribution in [3.63, 3.8) is 0 Å². The molecule has 2 N–H and O–H groups in total. The fourth-order valence-corrected chi connectivity index (χ4v) is 2.86. The predicted molar refractivity (Wildman–Crippen MR) is 90.7 cm³/mol. The molecule has 0 unspecified atom stereocenters. The molecule has 0 spiro atoms. The number of anilines is 2. The van der Waals surface area contributed by atoms with E-state index in [2.05, 4.69) is 20.6 Å². The van der Waals surface area contributed by atoms with Gasteiger partial charge in [-0.1, -0.05) is 25.7 Å². The van der Waals surface area contributed by atoms with Crippen LogP contribution in [0.4, 0.5) is 16.0 Å². The van der Waals surface area contributed by atoms with Gasteiger partial charge in [0.05, 0.1) is 5.56 Å². The van der Waals surface area contributed by atoms with E-state index in [1.165, 1.54) is 50.2 Å². The number of rotatable bonds is 4. The van der Waals surface area contributed by atoms with Gasteiger partial charge >= 0.3 is 0 Å². The van der Waals surface area contributed by atoms with Crippen molar-refractivity contribution in [2.45, 2.75) is 44.6 Å². The van der Waals surface area contributed by atoms with Crippen molar-refractivity contribution in [3.8, 4) is 0 Å². The molecular weight excluding hydrogens is 307 g/mol. The Kier molecular flexibility index (Phi) is 5.36. The minimum atomic E-state index is -0.299. The van der Waals surface area contributed by atoms with Crippen molar-refractivity contribution < 1.29 is 9.18 Å².